The third-order valence-corrected chi connectivity index (χ3v) is 7.04. The molecular formula is C19H20Cl2N2O3S. The zero-order valence-corrected chi connectivity index (χ0v) is 17.1. The Morgan fingerprint density at radius 2 is 1.85 bits per heavy atom. The molecule has 0 aromatic heterocycles. The van der Waals surface area contributed by atoms with Crippen LogP contribution in [0.4, 0.5) is 5.69 Å². The summed E-state index contributed by atoms with van der Waals surface area (Å²) < 4.78 is 27.1. The predicted molar refractivity (Wildman–Crippen MR) is 108 cm³/mol. The second-order valence-electron chi connectivity index (χ2n) is 6.63. The van der Waals surface area contributed by atoms with Crippen molar-refractivity contribution in [3.8, 4) is 0 Å². The van der Waals surface area contributed by atoms with E-state index >= 15 is 0 Å². The summed E-state index contributed by atoms with van der Waals surface area (Å²) in [6.07, 6.45) is 1.23. The van der Waals surface area contributed by atoms with Gasteiger partial charge in [-0.15, -0.1) is 0 Å². The molecule has 0 spiro atoms. The smallest absolute Gasteiger partial charge is 0.243 e. The Labute approximate surface area is 169 Å². The highest BCUT2D eigenvalue weighted by Gasteiger charge is 2.33. The number of carbonyl (C=O) groups excluding carboxylic acids is 1. The number of rotatable bonds is 4. The van der Waals surface area contributed by atoms with Crippen LogP contribution in [0, 0.1) is 12.8 Å². The summed E-state index contributed by atoms with van der Waals surface area (Å²) in [6, 6.07) is 11.5. The Kier molecular flexibility index (Phi) is 6.11. The predicted octanol–water partition coefficient (Wildman–Crippen LogP) is 4.34. The second kappa shape index (κ2) is 8.19. The molecule has 0 radical (unpaired) electrons. The van der Waals surface area contributed by atoms with Gasteiger partial charge in [0, 0.05) is 18.1 Å². The number of nitrogens with zero attached hydrogens (tertiary/aromatic N) is 1. The summed E-state index contributed by atoms with van der Waals surface area (Å²) in [4.78, 5) is 12.9. The maximum absolute atomic E-state index is 12.9. The van der Waals surface area contributed by atoms with Gasteiger partial charge in [0.1, 0.15) is 0 Å². The van der Waals surface area contributed by atoms with Crippen molar-refractivity contribution in [1.82, 2.24) is 4.31 Å². The van der Waals surface area contributed by atoms with Crippen molar-refractivity contribution < 1.29 is 13.2 Å². The minimum Gasteiger partial charge on any atom is -0.324 e. The number of hydrogen-bond acceptors (Lipinski definition) is 3. The largest absolute Gasteiger partial charge is 0.324 e. The number of nitrogens with one attached hydrogen (secondary N) is 1. The molecule has 1 fully saturated rings. The van der Waals surface area contributed by atoms with E-state index < -0.39 is 15.9 Å². The number of aryl methyl sites for hydroxylation is 1. The van der Waals surface area contributed by atoms with Crippen LogP contribution in [0.3, 0.4) is 0 Å². The number of anilines is 1. The quantitative estimate of drug-likeness (QED) is 0.790. The number of piperidine rings is 1. The van der Waals surface area contributed by atoms with E-state index in [-0.39, 0.29) is 17.3 Å². The number of benzene rings is 2. The normalized spacial score (nSPS) is 18.3. The maximum Gasteiger partial charge on any atom is 0.243 e. The molecule has 1 aliphatic heterocycles. The summed E-state index contributed by atoms with van der Waals surface area (Å²) in [5, 5.41) is 3.61. The van der Waals surface area contributed by atoms with Crippen molar-refractivity contribution in [2.75, 3.05) is 18.4 Å². The highest BCUT2D eigenvalue weighted by Crippen LogP contribution is 2.28. The fourth-order valence-electron chi connectivity index (χ4n) is 3.06. The molecular weight excluding hydrogens is 407 g/mol. The van der Waals surface area contributed by atoms with Crippen LogP contribution >= 0.6 is 23.2 Å². The molecule has 3 rings (SSSR count). The van der Waals surface area contributed by atoms with E-state index in [1.807, 2.05) is 6.92 Å². The summed E-state index contributed by atoms with van der Waals surface area (Å²) in [6.45, 7) is 2.44. The first-order chi connectivity index (χ1) is 12.8. The molecule has 0 bridgehead atoms. The fraction of sp³-hybridized carbons (Fsp3) is 0.316. The first-order valence-electron chi connectivity index (χ1n) is 8.60. The monoisotopic (exact) mass is 426 g/mol. The molecule has 1 amide bonds. The van der Waals surface area contributed by atoms with E-state index in [9.17, 15) is 13.2 Å². The van der Waals surface area contributed by atoms with E-state index in [4.69, 9.17) is 23.2 Å². The number of amides is 1. The van der Waals surface area contributed by atoms with Gasteiger partial charge >= 0.3 is 0 Å². The number of carbonyl (C=O) groups is 1. The average molecular weight is 427 g/mol. The second-order valence-corrected chi connectivity index (χ2v) is 9.41. The molecule has 27 heavy (non-hydrogen) atoms. The van der Waals surface area contributed by atoms with E-state index in [1.54, 1.807) is 42.5 Å². The van der Waals surface area contributed by atoms with Crippen LogP contribution in [-0.4, -0.2) is 31.7 Å². The van der Waals surface area contributed by atoms with E-state index in [0.29, 0.717) is 35.1 Å². The molecule has 1 saturated heterocycles. The van der Waals surface area contributed by atoms with Crippen molar-refractivity contribution in [3.63, 3.8) is 0 Å². The Bertz CT molecular complexity index is 946. The van der Waals surface area contributed by atoms with Crippen molar-refractivity contribution in [2.24, 2.45) is 5.92 Å². The first-order valence-corrected chi connectivity index (χ1v) is 10.8. The minimum atomic E-state index is -3.63. The molecule has 1 N–H and O–H groups in total. The van der Waals surface area contributed by atoms with Gasteiger partial charge < -0.3 is 5.32 Å². The van der Waals surface area contributed by atoms with Crippen molar-refractivity contribution in [3.05, 3.63) is 58.1 Å². The van der Waals surface area contributed by atoms with Crippen molar-refractivity contribution >= 4 is 44.8 Å². The van der Waals surface area contributed by atoms with Gasteiger partial charge in [-0.05, 0) is 50.1 Å². The molecule has 2 aromatic rings. The standard InChI is InChI=1S/C19H20Cl2N2O3S/c1-13-4-7-16(8-5-13)27(25,26)23-10-2-3-14(12-23)19(24)22-18-11-15(20)6-9-17(18)21/h4-9,11,14H,2-3,10,12H2,1H3,(H,22,24)/t14-/m0/s1. The van der Waals surface area contributed by atoms with Crippen LogP contribution in [0.1, 0.15) is 18.4 Å². The van der Waals surface area contributed by atoms with Gasteiger partial charge in [0.2, 0.25) is 15.9 Å². The zero-order valence-electron chi connectivity index (χ0n) is 14.8. The minimum absolute atomic E-state index is 0.139. The molecule has 0 aliphatic carbocycles. The van der Waals surface area contributed by atoms with Gasteiger partial charge in [0.05, 0.1) is 21.5 Å². The van der Waals surface area contributed by atoms with Crippen LogP contribution in [0.5, 0.6) is 0 Å². The topological polar surface area (TPSA) is 66.5 Å². The third-order valence-electron chi connectivity index (χ3n) is 4.60. The van der Waals surface area contributed by atoms with Crippen molar-refractivity contribution in [2.45, 2.75) is 24.7 Å². The van der Waals surface area contributed by atoms with Crippen LogP contribution in [0.2, 0.25) is 10.0 Å². The highest BCUT2D eigenvalue weighted by atomic mass is 35.5. The summed E-state index contributed by atoms with van der Waals surface area (Å²) in [5.41, 5.74) is 1.41. The Hall–Kier alpha value is -1.60. The molecule has 1 heterocycles. The highest BCUT2D eigenvalue weighted by molar-refractivity contribution is 7.89. The lowest BCUT2D eigenvalue weighted by Gasteiger charge is -2.31. The summed E-state index contributed by atoms with van der Waals surface area (Å²) in [5.74, 6) is -0.711. The van der Waals surface area contributed by atoms with Gasteiger partial charge in [0.15, 0.2) is 0 Å². The first kappa shape index (κ1) is 20.1. The summed E-state index contributed by atoms with van der Waals surface area (Å²) >= 11 is 12.0. The Morgan fingerprint density at radius 1 is 1.15 bits per heavy atom. The molecule has 0 unspecified atom stereocenters. The maximum atomic E-state index is 12.9. The van der Waals surface area contributed by atoms with Gasteiger partial charge in [-0.25, -0.2) is 8.42 Å². The molecule has 1 atom stereocenters. The molecule has 1 aliphatic rings. The number of sulfonamides is 1. The lowest BCUT2D eigenvalue weighted by molar-refractivity contribution is -0.120. The van der Waals surface area contributed by atoms with Crippen LogP contribution in [-0.2, 0) is 14.8 Å². The SMILES string of the molecule is Cc1ccc(S(=O)(=O)N2CCC[C@H](C(=O)Nc3cc(Cl)ccc3Cl)C2)cc1. The van der Waals surface area contributed by atoms with Crippen molar-refractivity contribution in [1.29, 1.82) is 0 Å². The zero-order chi connectivity index (χ0) is 19.6. The van der Waals surface area contributed by atoms with Gasteiger partial charge in [-0.2, -0.15) is 4.31 Å². The van der Waals surface area contributed by atoms with Gasteiger partial charge in [-0.3, -0.25) is 4.79 Å². The van der Waals surface area contributed by atoms with E-state index in [2.05, 4.69) is 5.32 Å². The van der Waals surface area contributed by atoms with Crippen LogP contribution < -0.4 is 5.32 Å². The number of halogens is 2. The van der Waals surface area contributed by atoms with Crippen LogP contribution in [0.25, 0.3) is 0 Å². The Balaban J connectivity index is 1.74. The van der Waals surface area contributed by atoms with Gasteiger partial charge in [-0.1, -0.05) is 40.9 Å². The molecule has 8 heteroatoms. The lowest BCUT2D eigenvalue weighted by atomic mass is 9.99. The van der Waals surface area contributed by atoms with Crippen LogP contribution in [0.15, 0.2) is 47.4 Å². The fourth-order valence-corrected chi connectivity index (χ4v) is 4.92. The van der Waals surface area contributed by atoms with E-state index in [0.717, 1.165) is 5.56 Å². The molecule has 2 aromatic carbocycles. The van der Waals surface area contributed by atoms with Gasteiger partial charge in [0.25, 0.3) is 0 Å². The number of hydrogen-bond donors (Lipinski definition) is 1. The third kappa shape index (κ3) is 4.63. The molecule has 144 valence electrons. The Morgan fingerprint density at radius 3 is 2.56 bits per heavy atom. The average Bonchev–Trinajstić information content (AvgIpc) is 2.65. The lowest BCUT2D eigenvalue weighted by Crippen LogP contribution is -2.43. The summed E-state index contributed by atoms with van der Waals surface area (Å²) in [7, 11) is -3.63. The molecule has 0 saturated carbocycles. The van der Waals surface area contributed by atoms with E-state index in [1.165, 1.54) is 4.31 Å². The molecule has 5 nitrogen and oxygen atoms in total.